The van der Waals surface area contributed by atoms with Crippen LogP contribution in [0, 0.1) is 6.92 Å². The second-order valence-corrected chi connectivity index (χ2v) is 11.0. The Kier molecular flexibility index (Phi) is 8.38. The summed E-state index contributed by atoms with van der Waals surface area (Å²) >= 11 is 12.5. The van der Waals surface area contributed by atoms with Crippen LogP contribution < -0.4 is 14.4 Å². The van der Waals surface area contributed by atoms with Crippen molar-refractivity contribution in [2.24, 2.45) is 0 Å². The molecule has 0 unspecified atom stereocenters. The molecule has 1 N–H and O–H groups in total. The quantitative estimate of drug-likeness (QED) is 0.249. The molecule has 0 saturated carbocycles. The SMILES string of the molecule is Cc1ccc(S(=O)(=O)N(CC(=O)Nc2ccc(OCc3ccccc3)cc2)c2cc(Cl)ccc2Cl)cc1. The number of sulfonamides is 1. The van der Waals surface area contributed by atoms with Gasteiger partial charge >= 0.3 is 0 Å². The molecule has 0 saturated heterocycles. The van der Waals surface area contributed by atoms with Crippen molar-refractivity contribution >= 4 is 50.5 Å². The van der Waals surface area contributed by atoms with Crippen LogP contribution in [0.3, 0.4) is 0 Å². The summed E-state index contributed by atoms with van der Waals surface area (Å²) in [6, 6.07) is 27.4. The van der Waals surface area contributed by atoms with Crippen LogP contribution in [0.15, 0.2) is 102 Å². The van der Waals surface area contributed by atoms with Crippen LogP contribution in [0.25, 0.3) is 0 Å². The van der Waals surface area contributed by atoms with Crippen LogP contribution in [0.5, 0.6) is 5.75 Å². The van der Waals surface area contributed by atoms with Crippen molar-refractivity contribution in [3.05, 3.63) is 118 Å². The number of aryl methyl sites for hydroxylation is 1. The lowest BCUT2D eigenvalue weighted by molar-refractivity contribution is -0.114. The number of carbonyl (C=O) groups excluding carboxylic acids is 1. The molecule has 1 amide bonds. The summed E-state index contributed by atoms with van der Waals surface area (Å²) in [5.41, 5.74) is 2.53. The predicted molar refractivity (Wildman–Crippen MR) is 148 cm³/mol. The number of nitrogens with zero attached hydrogens (tertiary/aromatic N) is 1. The summed E-state index contributed by atoms with van der Waals surface area (Å²) < 4.78 is 33.8. The highest BCUT2D eigenvalue weighted by Crippen LogP contribution is 2.33. The summed E-state index contributed by atoms with van der Waals surface area (Å²) in [7, 11) is -4.13. The number of amides is 1. The topological polar surface area (TPSA) is 75.7 Å². The molecule has 0 atom stereocenters. The van der Waals surface area contributed by atoms with Gasteiger partial charge in [-0.3, -0.25) is 9.10 Å². The highest BCUT2D eigenvalue weighted by atomic mass is 35.5. The van der Waals surface area contributed by atoms with Crippen LogP contribution in [0.2, 0.25) is 10.0 Å². The van der Waals surface area contributed by atoms with Gasteiger partial charge in [-0.1, -0.05) is 71.2 Å². The highest BCUT2D eigenvalue weighted by Gasteiger charge is 2.29. The molecule has 37 heavy (non-hydrogen) atoms. The fraction of sp³-hybridized carbons (Fsp3) is 0.107. The number of benzene rings is 4. The third kappa shape index (κ3) is 6.83. The van der Waals surface area contributed by atoms with Gasteiger partial charge in [0, 0.05) is 10.7 Å². The molecule has 0 bridgehead atoms. The molecule has 0 fully saturated rings. The standard InChI is InChI=1S/C28H24Cl2N2O4S/c1-20-7-14-25(15-8-20)37(34,35)32(27-17-22(29)9-16-26(27)30)18-28(33)31-23-10-12-24(13-11-23)36-19-21-5-3-2-4-6-21/h2-17H,18-19H2,1H3,(H,31,33). The van der Waals surface area contributed by atoms with Crippen LogP contribution >= 0.6 is 23.2 Å². The molecule has 0 heterocycles. The van der Waals surface area contributed by atoms with E-state index in [2.05, 4.69) is 5.32 Å². The van der Waals surface area contributed by atoms with Gasteiger partial charge in [-0.25, -0.2) is 8.42 Å². The van der Waals surface area contributed by atoms with E-state index in [9.17, 15) is 13.2 Å². The lowest BCUT2D eigenvalue weighted by Gasteiger charge is -2.25. The van der Waals surface area contributed by atoms with Gasteiger partial charge in [0.2, 0.25) is 5.91 Å². The summed E-state index contributed by atoms with van der Waals surface area (Å²) in [6.07, 6.45) is 0. The summed E-state index contributed by atoms with van der Waals surface area (Å²) in [5, 5.41) is 3.17. The molecule has 0 aliphatic carbocycles. The van der Waals surface area contributed by atoms with Crippen LogP contribution in [-0.2, 0) is 21.4 Å². The fourth-order valence-electron chi connectivity index (χ4n) is 3.52. The molecular formula is C28H24Cl2N2O4S. The smallest absolute Gasteiger partial charge is 0.264 e. The van der Waals surface area contributed by atoms with Gasteiger partial charge in [-0.05, 0) is 67.1 Å². The first-order valence-electron chi connectivity index (χ1n) is 11.3. The Morgan fingerprint density at radius 3 is 2.24 bits per heavy atom. The normalized spacial score (nSPS) is 11.1. The Morgan fingerprint density at radius 1 is 0.892 bits per heavy atom. The van der Waals surface area contributed by atoms with Crippen LogP contribution in [0.1, 0.15) is 11.1 Å². The third-order valence-electron chi connectivity index (χ3n) is 5.46. The minimum absolute atomic E-state index is 0.0295. The lowest BCUT2D eigenvalue weighted by atomic mass is 10.2. The van der Waals surface area contributed by atoms with Crippen molar-refractivity contribution < 1.29 is 17.9 Å². The van der Waals surface area contributed by atoms with Crippen molar-refractivity contribution in [2.45, 2.75) is 18.4 Å². The van der Waals surface area contributed by atoms with E-state index >= 15 is 0 Å². The van der Waals surface area contributed by atoms with Crippen LogP contribution in [0.4, 0.5) is 11.4 Å². The van der Waals surface area contributed by atoms with Gasteiger partial charge in [-0.15, -0.1) is 0 Å². The maximum atomic E-state index is 13.6. The molecule has 0 aliphatic rings. The van der Waals surface area contributed by atoms with E-state index in [0.29, 0.717) is 18.0 Å². The van der Waals surface area contributed by atoms with Gasteiger partial charge in [0.25, 0.3) is 10.0 Å². The van der Waals surface area contributed by atoms with Crippen LogP contribution in [-0.4, -0.2) is 20.9 Å². The van der Waals surface area contributed by atoms with Crippen molar-refractivity contribution in [2.75, 3.05) is 16.2 Å². The first kappa shape index (κ1) is 26.5. The lowest BCUT2D eigenvalue weighted by Crippen LogP contribution is -2.38. The van der Waals surface area contributed by atoms with E-state index in [-0.39, 0.29) is 20.6 Å². The van der Waals surface area contributed by atoms with E-state index in [1.54, 1.807) is 42.5 Å². The Labute approximate surface area is 226 Å². The second-order valence-electron chi connectivity index (χ2n) is 8.27. The van der Waals surface area contributed by atoms with Gasteiger partial charge in [0.1, 0.15) is 18.9 Å². The Bertz CT molecular complexity index is 1480. The molecule has 0 aliphatic heterocycles. The molecule has 9 heteroatoms. The van der Waals surface area contributed by atoms with E-state index in [0.717, 1.165) is 15.4 Å². The number of ether oxygens (including phenoxy) is 1. The molecule has 4 rings (SSSR count). The van der Waals surface area contributed by atoms with Crippen molar-refractivity contribution in [1.82, 2.24) is 0 Å². The van der Waals surface area contributed by atoms with E-state index in [1.807, 2.05) is 37.3 Å². The number of anilines is 2. The van der Waals surface area contributed by atoms with Gasteiger partial charge in [-0.2, -0.15) is 0 Å². The molecule has 0 aromatic heterocycles. The van der Waals surface area contributed by atoms with Gasteiger partial charge in [0.15, 0.2) is 0 Å². The number of hydrogen-bond donors (Lipinski definition) is 1. The molecule has 0 spiro atoms. The number of rotatable bonds is 9. The Hall–Kier alpha value is -3.52. The summed E-state index contributed by atoms with van der Waals surface area (Å²) in [5.74, 6) is 0.0841. The monoisotopic (exact) mass is 554 g/mol. The van der Waals surface area contributed by atoms with E-state index in [1.165, 1.54) is 24.3 Å². The van der Waals surface area contributed by atoms with E-state index in [4.69, 9.17) is 27.9 Å². The largest absolute Gasteiger partial charge is 0.489 e. The van der Waals surface area contributed by atoms with Gasteiger partial charge in [0.05, 0.1) is 15.6 Å². The highest BCUT2D eigenvalue weighted by molar-refractivity contribution is 7.92. The zero-order valence-electron chi connectivity index (χ0n) is 19.9. The van der Waals surface area contributed by atoms with Crippen molar-refractivity contribution in [3.8, 4) is 5.75 Å². The second kappa shape index (κ2) is 11.7. The molecule has 4 aromatic carbocycles. The number of hydrogen-bond acceptors (Lipinski definition) is 4. The minimum atomic E-state index is -4.13. The molecule has 6 nitrogen and oxygen atoms in total. The zero-order valence-corrected chi connectivity index (χ0v) is 22.2. The predicted octanol–water partition coefficient (Wildman–Crippen LogP) is 6.71. The first-order valence-corrected chi connectivity index (χ1v) is 13.5. The minimum Gasteiger partial charge on any atom is -0.489 e. The maximum absolute atomic E-state index is 13.6. The average Bonchev–Trinajstić information content (AvgIpc) is 2.89. The number of halogens is 2. The Morgan fingerprint density at radius 2 is 1.57 bits per heavy atom. The van der Waals surface area contributed by atoms with E-state index < -0.39 is 22.5 Å². The summed E-state index contributed by atoms with van der Waals surface area (Å²) in [6.45, 7) is 1.76. The first-order chi connectivity index (χ1) is 17.7. The third-order valence-corrected chi connectivity index (χ3v) is 7.79. The molecule has 0 radical (unpaired) electrons. The number of carbonyl (C=O) groups is 1. The van der Waals surface area contributed by atoms with Crippen molar-refractivity contribution in [1.29, 1.82) is 0 Å². The molecule has 4 aromatic rings. The average molecular weight is 555 g/mol. The van der Waals surface area contributed by atoms with Crippen molar-refractivity contribution in [3.63, 3.8) is 0 Å². The van der Waals surface area contributed by atoms with Gasteiger partial charge < -0.3 is 10.1 Å². The summed E-state index contributed by atoms with van der Waals surface area (Å²) in [4.78, 5) is 13.0. The number of nitrogens with one attached hydrogen (secondary N) is 1. The maximum Gasteiger partial charge on any atom is 0.264 e. The fourth-order valence-corrected chi connectivity index (χ4v) is 5.39. The molecular weight excluding hydrogens is 531 g/mol. The zero-order chi connectivity index (χ0) is 26.4. The molecule has 190 valence electrons. The Balaban J connectivity index is 1.52.